The minimum atomic E-state index is 0.521. The maximum atomic E-state index is 5.96. The van der Waals surface area contributed by atoms with Crippen LogP contribution in [0.25, 0.3) is 10.2 Å². The highest BCUT2D eigenvalue weighted by Crippen LogP contribution is 2.51. The van der Waals surface area contributed by atoms with E-state index in [4.69, 9.17) is 11.6 Å². The zero-order valence-electron chi connectivity index (χ0n) is 9.96. The van der Waals surface area contributed by atoms with Crippen molar-refractivity contribution in [2.24, 2.45) is 11.3 Å². The summed E-state index contributed by atoms with van der Waals surface area (Å²) in [5.41, 5.74) is 1.55. The van der Waals surface area contributed by atoms with Gasteiger partial charge in [0.25, 0.3) is 0 Å². The van der Waals surface area contributed by atoms with E-state index in [1.54, 1.807) is 11.3 Å². The number of rotatable bonds is 3. The number of fused-ring (bicyclic) bond motifs is 1. The molecule has 0 spiro atoms. The van der Waals surface area contributed by atoms with E-state index in [0.29, 0.717) is 5.41 Å². The maximum Gasteiger partial charge on any atom is 0.183 e. The molecular formula is C13H15ClN2S. The van der Waals surface area contributed by atoms with Crippen molar-refractivity contribution in [2.45, 2.75) is 20.3 Å². The fourth-order valence-corrected chi connectivity index (χ4v) is 3.26. The van der Waals surface area contributed by atoms with Crippen molar-refractivity contribution in [2.75, 3.05) is 11.9 Å². The highest BCUT2D eigenvalue weighted by molar-refractivity contribution is 7.22. The quantitative estimate of drug-likeness (QED) is 0.890. The molecule has 0 radical (unpaired) electrons. The molecule has 1 saturated carbocycles. The van der Waals surface area contributed by atoms with Gasteiger partial charge in [0.2, 0.25) is 0 Å². The second-order valence-electron chi connectivity index (χ2n) is 5.40. The lowest BCUT2D eigenvalue weighted by Crippen LogP contribution is -2.06. The highest BCUT2D eigenvalue weighted by atomic mass is 35.5. The molecule has 2 aromatic rings. The van der Waals surface area contributed by atoms with E-state index in [1.165, 1.54) is 6.42 Å². The van der Waals surface area contributed by atoms with Crippen LogP contribution in [0.4, 0.5) is 5.13 Å². The first-order valence-electron chi connectivity index (χ1n) is 5.84. The number of anilines is 1. The zero-order valence-corrected chi connectivity index (χ0v) is 11.5. The van der Waals surface area contributed by atoms with Crippen molar-refractivity contribution in [3.05, 3.63) is 23.2 Å². The van der Waals surface area contributed by atoms with E-state index in [2.05, 4.69) is 24.1 Å². The van der Waals surface area contributed by atoms with Crippen LogP contribution < -0.4 is 5.32 Å². The highest BCUT2D eigenvalue weighted by Gasteiger charge is 2.45. The molecule has 1 aromatic carbocycles. The molecule has 0 aliphatic heterocycles. The van der Waals surface area contributed by atoms with Gasteiger partial charge in [-0.1, -0.05) is 36.8 Å². The number of nitrogens with one attached hydrogen (secondary N) is 1. The van der Waals surface area contributed by atoms with Gasteiger partial charge in [-0.05, 0) is 36.0 Å². The fraction of sp³-hybridized carbons (Fsp3) is 0.462. The number of nitrogens with zero attached hydrogens (tertiary/aromatic N) is 1. The summed E-state index contributed by atoms with van der Waals surface area (Å²) in [5.74, 6) is 0.790. The van der Waals surface area contributed by atoms with Gasteiger partial charge in [0, 0.05) is 11.6 Å². The molecule has 90 valence electrons. The van der Waals surface area contributed by atoms with Crippen molar-refractivity contribution < 1.29 is 0 Å². The number of halogens is 1. The molecule has 0 saturated heterocycles. The van der Waals surface area contributed by atoms with E-state index < -0.39 is 0 Å². The van der Waals surface area contributed by atoms with Crippen molar-refractivity contribution in [1.82, 2.24) is 4.98 Å². The first kappa shape index (κ1) is 11.3. The summed E-state index contributed by atoms with van der Waals surface area (Å²) < 4.78 is 1.15. The normalized spacial score (nSPS) is 21.7. The summed E-state index contributed by atoms with van der Waals surface area (Å²) in [4.78, 5) is 4.55. The molecular weight excluding hydrogens is 252 g/mol. The van der Waals surface area contributed by atoms with Crippen LogP contribution in [0.5, 0.6) is 0 Å². The Morgan fingerprint density at radius 2 is 2.29 bits per heavy atom. The first-order valence-corrected chi connectivity index (χ1v) is 7.04. The molecule has 1 aliphatic rings. The number of benzene rings is 1. The molecule has 1 aliphatic carbocycles. The Labute approximate surface area is 110 Å². The Morgan fingerprint density at radius 3 is 3.00 bits per heavy atom. The summed E-state index contributed by atoms with van der Waals surface area (Å²) >= 11 is 7.64. The molecule has 4 heteroatoms. The van der Waals surface area contributed by atoms with Crippen LogP contribution in [0, 0.1) is 11.3 Å². The molecule has 0 amide bonds. The van der Waals surface area contributed by atoms with Gasteiger partial charge in [-0.2, -0.15) is 0 Å². The minimum Gasteiger partial charge on any atom is -0.361 e. The van der Waals surface area contributed by atoms with Crippen molar-refractivity contribution in [1.29, 1.82) is 0 Å². The smallest absolute Gasteiger partial charge is 0.183 e. The number of thiazole rings is 1. The third kappa shape index (κ3) is 2.26. The third-order valence-electron chi connectivity index (χ3n) is 3.57. The van der Waals surface area contributed by atoms with Crippen molar-refractivity contribution in [3.8, 4) is 0 Å². The summed E-state index contributed by atoms with van der Waals surface area (Å²) in [6.45, 7) is 5.66. The van der Waals surface area contributed by atoms with Gasteiger partial charge in [0.1, 0.15) is 0 Å². The Kier molecular flexibility index (Phi) is 2.56. The van der Waals surface area contributed by atoms with E-state index in [-0.39, 0.29) is 0 Å². The molecule has 1 aromatic heterocycles. The molecule has 0 bridgehead atoms. The summed E-state index contributed by atoms with van der Waals surface area (Å²) in [6, 6.07) is 5.83. The van der Waals surface area contributed by atoms with Gasteiger partial charge in [-0.25, -0.2) is 4.98 Å². The van der Waals surface area contributed by atoms with E-state index in [9.17, 15) is 0 Å². The summed E-state index contributed by atoms with van der Waals surface area (Å²) in [5, 5.41) is 5.21. The molecule has 1 N–H and O–H groups in total. The predicted octanol–water partition coefficient (Wildman–Crippen LogP) is 4.41. The maximum absolute atomic E-state index is 5.96. The molecule has 1 unspecified atom stereocenters. The van der Waals surface area contributed by atoms with E-state index in [0.717, 1.165) is 32.8 Å². The Bertz CT molecular complexity index is 562. The zero-order chi connectivity index (χ0) is 12.0. The predicted molar refractivity (Wildman–Crippen MR) is 75.0 cm³/mol. The topological polar surface area (TPSA) is 24.9 Å². The third-order valence-corrected chi connectivity index (χ3v) is 4.78. The van der Waals surface area contributed by atoms with Crippen LogP contribution in [0.1, 0.15) is 20.3 Å². The van der Waals surface area contributed by atoms with Crippen LogP contribution in [0.15, 0.2) is 18.2 Å². The fourth-order valence-electron chi connectivity index (χ4n) is 2.11. The van der Waals surface area contributed by atoms with Gasteiger partial charge in [0.15, 0.2) is 5.13 Å². The van der Waals surface area contributed by atoms with Crippen molar-refractivity contribution in [3.63, 3.8) is 0 Å². The Morgan fingerprint density at radius 1 is 1.53 bits per heavy atom. The molecule has 3 rings (SSSR count). The van der Waals surface area contributed by atoms with Crippen LogP contribution >= 0.6 is 22.9 Å². The Balaban J connectivity index is 1.73. The van der Waals surface area contributed by atoms with Gasteiger partial charge < -0.3 is 5.32 Å². The molecule has 2 nitrogen and oxygen atoms in total. The van der Waals surface area contributed by atoms with Gasteiger partial charge >= 0.3 is 0 Å². The lowest BCUT2D eigenvalue weighted by atomic mass is 10.1. The van der Waals surface area contributed by atoms with Gasteiger partial charge in [0.05, 0.1) is 10.2 Å². The van der Waals surface area contributed by atoms with Gasteiger partial charge in [-0.15, -0.1) is 0 Å². The molecule has 1 atom stereocenters. The average Bonchev–Trinajstić information content (AvgIpc) is 2.71. The van der Waals surface area contributed by atoms with Crippen LogP contribution in [-0.2, 0) is 0 Å². The second-order valence-corrected chi connectivity index (χ2v) is 6.87. The van der Waals surface area contributed by atoms with Crippen LogP contribution in [0.3, 0.4) is 0 Å². The molecule has 17 heavy (non-hydrogen) atoms. The number of hydrogen-bond donors (Lipinski definition) is 1. The largest absolute Gasteiger partial charge is 0.361 e. The minimum absolute atomic E-state index is 0.521. The van der Waals surface area contributed by atoms with Crippen LogP contribution in [0.2, 0.25) is 5.02 Å². The monoisotopic (exact) mass is 266 g/mol. The SMILES string of the molecule is CC1(C)CC1CNc1nc2ccc(Cl)cc2s1. The van der Waals surface area contributed by atoms with Gasteiger partial charge in [-0.3, -0.25) is 0 Å². The number of aromatic nitrogens is 1. The summed E-state index contributed by atoms with van der Waals surface area (Å²) in [7, 11) is 0. The lowest BCUT2D eigenvalue weighted by molar-refractivity contribution is 0.573. The first-order chi connectivity index (χ1) is 8.04. The summed E-state index contributed by atoms with van der Waals surface area (Å²) in [6.07, 6.45) is 1.32. The van der Waals surface area contributed by atoms with Crippen molar-refractivity contribution >= 4 is 38.3 Å². The van der Waals surface area contributed by atoms with E-state index in [1.807, 2.05) is 18.2 Å². The molecule has 1 fully saturated rings. The lowest BCUT2D eigenvalue weighted by Gasteiger charge is -2.03. The second kappa shape index (κ2) is 3.85. The number of hydrogen-bond acceptors (Lipinski definition) is 3. The van der Waals surface area contributed by atoms with Crippen LogP contribution in [-0.4, -0.2) is 11.5 Å². The standard InChI is InChI=1S/C13H15ClN2S/c1-13(2)6-8(13)7-15-12-16-10-4-3-9(14)5-11(10)17-12/h3-5,8H,6-7H2,1-2H3,(H,15,16). The Hall–Kier alpha value is -0.800. The van der Waals surface area contributed by atoms with E-state index >= 15 is 0 Å². The average molecular weight is 267 g/mol. The molecule has 1 heterocycles.